The van der Waals surface area contributed by atoms with E-state index in [0.717, 1.165) is 17.7 Å². The van der Waals surface area contributed by atoms with Gasteiger partial charge in [0.05, 0.1) is 4.88 Å². The van der Waals surface area contributed by atoms with E-state index in [2.05, 4.69) is 6.92 Å². The molecule has 0 aromatic carbocycles. The lowest BCUT2D eigenvalue weighted by Crippen LogP contribution is -2.16. The Morgan fingerprint density at radius 3 is 2.92 bits per heavy atom. The van der Waals surface area contributed by atoms with Gasteiger partial charge in [0, 0.05) is 4.88 Å². The molecule has 1 amide bonds. The second-order valence-electron chi connectivity index (χ2n) is 2.88. The van der Waals surface area contributed by atoms with Crippen LogP contribution in [0.5, 0.6) is 0 Å². The standard InChI is InChI=1S/C9H13NO2S/c1-3-4-7-5-8(9(11)10-12)13-6(7)2/h5,12H,3-4H2,1-2H3,(H,10,11). The fourth-order valence-electron chi connectivity index (χ4n) is 1.20. The summed E-state index contributed by atoms with van der Waals surface area (Å²) in [6, 6.07) is 1.84. The van der Waals surface area contributed by atoms with Crippen molar-refractivity contribution < 1.29 is 10.0 Å². The molecule has 0 saturated carbocycles. The van der Waals surface area contributed by atoms with Gasteiger partial charge in [-0.1, -0.05) is 13.3 Å². The van der Waals surface area contributed by atoms with E-state index in [1.165, 1.54) is 16.9 Å². The average Bonchev–Trinajstić information content (AvgIpc) is 2.47. The van der Waals surface area contributed by atoms with Crippen molar-refractivity contribution >= 4 is 17.2 Å². The van der Waals surface area contributed by atoms with Gasteiger partial charge in [-0.25, -0.2) is 5.48 Å². The molecular weight excluding hydrogens is 186 g/mol. The first-order valence-electron chi connectivity index (χ1n) is 4.22. The highest BCUT2D eigenvalue weighted by molar-refractivity contribution is 7.14. The Bertz CT molecular complexity index is 307. The maximum atomic E-state index is 11.0. The van der Waals surface area contributed by atoms with Crippen LogP contribution in [0.25, 0.3) is 0 Å². The average molecular weight is 199 g/mol. The predicted molar refractivity (Wildman–Crippen MR) is 52.3 cm³/mol. The Kier molecular flexibility index (Phi) is 3.45. The molecule has 0 aliphatic heterocycles. The Hall–Kier alpha value is -0.870. The first kappa shape index (κ1) is 10.2. The summed E-state index contributed by atoms with van der Waals surface area (Å²) in [5, 5.41) is 8.43. The van der Waals surface area contributed by atoms with Crippen molar-refractivity contribution in [2.24, 2.45) is 0 Å². The Labute approximate surface area is 81.4 Å². The quantitative estimate of drug-likeness (QED) is 0.578. The van der Waals surface area contributed by atoms with Crippen molar-refractivity contribution in [3.8, 4) is 0 Å². The number of hydrogen-bond acceptors (Lipinski definition) is 3. The minimum atomic E-state index is -0.421. The molecule has 0 aliphatic carbocycles. The molecular formula is C9H13NO2S. The summed E-state index contributed by atoms with van der Waals surface area (Å²) in [5.41, 5.74) is 2.84. The van der Waals surface area contributed by atoms with Gasteiger partial charge in [0.2, 0.25) is 0 Å². The van der Waals surface area contributed by atoms with Crippen molar-refractivity contribution in [1.82, 2.24) is 5.48 Å². The fraction of sp³-hybridized carbons (Fsp3) is 0.444. The van der Waals surface area contributed by atoms with Gasteiger partial charge >= 0.3 is 0 Å². The lowest BCUT2D eigenvalue weighted by molar-refractivity contribution is 0.0711. The number of nitrogens with one attached hydrogen (secondary N) is 1. The van der Waals surface area contributed by atoms with E-state index in [4.69, 9.17) is 5.21 Å². The summed E-state index contributed by atoms with van der Waals surface area (Å²) in [7, 11) is 0. The van der Waals surface area contributed by atoms with Crippen LogP contribution in [-0.2, 0) is 6.42 Å². The smallest absolute Gasteiger partial charge is 0.284 e. The molecule has 0 atom stereocenters. The molecule has 72 valence electrons. The maximum absolute atomic E-state index is 11.0. The zero-order valence-electron chi connectivity index (χ0n) is 7.76. The number of aryl methyl sites for hydroxylation is 2. The normalized spacial score (nSPS) is 10.1. The van der Waals surface area contributed by atoms with Crippen molar-refractivity contribution in [1.29, 1.82) is 0 Å². The summed E-state index contributed by atoms with van der Waals surface area (Å²) >= 11 is 1.41. The van der Waals surface area contributed by atoms with E-state index in [1.807, 2.05) is 13.0 Å². The molecule has 1 heterocycles. The number of amides is 1. The summed E-state index contributed by atoms with van der Waals surface area (Å²) in [5.74, 6) is -0.421. The van der Waals surface area contributed by atoms with Crippen LogP contribution < -0.4 is 5.48 Å². The molecule has 4 heteroatoms. The van der Waals surface area contributed by atoms with E-state index >= 15 is 0 Å². The predicted octanol–water partition coefficient (Wildman–Crippen LogP) is 2.13. The topological polar surface area (TPSA) is 49.3 Å². The monoisotopic (exact) mass is 199 g/mol. The molecule has 3 nitrogen and oxygen atoms in total. The molecule has 2 N–H and O–H groups in total. The van der Waals surface area contributed by atoms with Crippen LogP contribution in [0.1, 0.15) is 33.5 Å². The minimum Gasteiger partial charge on any atom is -0.288 e. The zero-order chi connectivity index (χ0) is 9.84. The summed E-state index contributed by atoms with van der Waals surface area (Å²) in [6.07, 6.45) is 2.05. The van der Waals surface area contributed by atoms with Crippen LogP contribution in [0, 0.1) is 6.92 Å². The van der Waals surface area contributed by atoms with Crippen molar-refractivity contribution in [2.45, 2.75) is 26.7 Å². The van der Waals surface area contributed by atoms with Crippen LogP contribution in [-0.4, -0.2) is 11.1 Å². The summed E-state index contributed by atoms with van der Waals surface area (Å²) < 4.78 is 0. The van der Waals surface area contributed by atoms with Gasteiger partial charge in [-0.05, 0) is 25.0 Å². The van der Waals surface area contributed by atoms with Crippen LogP contribution in [0.2, 0.25) is 0 Å². The van der Waals surface area contributed by atoms with Crippen molar-refractivity contribution in [3.63, 3.8) is 0 Å². The van der Waals surface area contributed by atoms with E-state index in [0.29, 0.717) is 4.88 Å². The zero-order valence-corrected chi connectivity index (χ0v) is 8.57. The fourth-order valence-corrected chi connectivity index (χ4v) is 2.17. The van der Waals surface area contributed by atoms with Gasteiger partial charge in [-0.15, -0.1) is 11.3 Å². The van der Waals surface area contributed by atoms with E-state index in [1.54, 1.807) is 5.48 Å². The van der Waals surface area contributed by atoms with E-state index < -0.39 is 5.91 Å². The van der Waals surface area contributed by atoms with Crippen LogP contribution >= 0.6 is 11.3 Å². The molecule has 0 bridgehead atoms. The van der Waals surface area contributed by atoms with Crippen LogP contribution in [0.4, 0.5) is 0 Å². The van der Waals surface area contributed by atoms with Gasteiger partial charge in [0.25, 0.3) is 5.91 Å². The van der Waals surface area contributed by atoms with Crippen molar-refractivity contribution in [3.05, 3.63) is 21.4 Å². The first-order chi connectivity index (χ1) is 6.19. The Morgan fingerprint density at radius 2 is 2.38 bits per heavy atom. The number of thiophene rings is 1. The van der Waals surface area contributed by atoms with E-state index in [-0.39, 0.29) is 0 Å². The van der Waals surface area contributed by atoms with Gasteiger partial charge in [0.1, 0.15) is 0 Å². The van der Waals surface area contributed by atoms with Gasteiger partial charge in [-0.3, -0.25) is 10.0 Å². The minimum absolute atomic E-state index is 0.421. The molecule has 0 radical (unpaired) electrons. The molecule has 0 aliphatic rings. The highest BCUT2D eigenvalue weighted by Crippen LogP contribution is 2.22. The first-order valence-corrected chi connectivity index (χ1v) is 5.04. The Morgan fingerprint density at radius 1 is 1.69 bits per heavy atom. The molecule has 13 heavy (non-hydrogen) atoms. The van der Waals surface area contributed by atoms with Crippen molar-refractivity contribution in [2.75, 3.05) is 0 Å². The second-order valence-corrected chi connectivity index (χ2v) is 4.14. The Balaban J connectivity index is 2.88. The number of carbonyl (C=O) groups excluding carboxylic acids is 1. The number of rotatable bonds is 3. The van der Waals surface area contributed by atoms with Gasteiger partial charge in [0.15, 0.2) is 0 Å². The maximum Gasteiger partial charge on any atom is 0.284 e. The highest BCUT2D eigenvalue weighted by Gasteiger charge is 2.10. The molecule has 1 aromatic rings. The van der Waals surface area contributed by atoms with Crippen LogP contribution in [0.3, 0.4) is 0 Å². The summed E-state index contributed by atoms with van der Waals surface area (Å²) in [6.45, 7) is 4.09. The second kappa shape index (κ2) is 4.39. The molecule has 0 saturated heterocycles. The molecule has 1 aromatic heterocycles. The largest absolute Gasteiger partial charge is 0.288 e. The van der Waals surface area contributed by atoms with E-state index in [9.17, 15) is 4.79 Å². The SMILES string of the molecule is CCCc1cc(C(=O)NO)sc1C. The molecule has 1 rings (SSSR count). The number of hydroxylamine groups is 1. The van der Waals surface area contributed by atoms with Crippen LogP contribution in [0.15, 0.2) is 6.07 Å². The lowest BCUT2D eigenvalue weighted by atomic mass is 10.1. The third kappa shape index (κ3) is 2.29. The number of hydrogen-bond donors (Lipinski definition) is 2. The molecule has 0 unspecified atom stereocenters. The van der Waals surface area contributed by atoms with Gasteiger partial charge < -0.3 is 0 Å². The third-order valence-corrected chi connectivity index (χ3v) is 2.96. The molecule has 0 spiro atoms. The van der Waals surface area contributed by atoms with Gasteiger partial charge in [-0.2, -0.15) is 0 Å². The lowest BCUT2D eigenvalue weighted by Gasteiger charge is -1.92. The summed E-state index contributed by atoms with van der Waals surface area (Å²) in [4.78, 5) is 12.8. The molecule has 0 fully saturated rings. The third-order valence-electron chi connectivity index (χ3n) is 1.87. The highest BCUT2D eigenvalue weighted by atomic mass is 32.1. The number of carbonyl (C=O) groups is 1.